The van der Waals surface area contributed by atoms with Crippen molar-refractivity contribution in [1.82, 2.24) is 10.2 Å². The third kappa shape index (κ3) is 6.64. The second kappa shape index (κ2) is 10.2. The molecule has 4 atom stereocenters. The fourth-order valence-corrected chi connectivity index (χ4v) is 6.72. The molecule has 3 N–H and O–H groups in total. The summed E-state index contributed by atoms with van der Waals surface area (Å²) in [7, 11) is -3.53. The van der Waals surface area contributed by atoms with Gasteiger partial charge in [-0.15, -0.1) is 11.8 Å². The van der Waals surface area contributed by atoms with E-state index in [1.165, 1.54) is 0 Å². The number of ether oxygens (including phenoxy) is 1. The number of nitrogens with two attached hydrogens (primary N) is 1. The highest BCUT2D eigenvalue weighted by Gasteiger charge is 2.43. The van der Waals surface area contributed by atoms with E-state index in [-0.39, 0.29) is 34.6 Å². The molecule has 1 saturated heterocycles. The number of sulfone groups is 1. The third-order valence-corrected chi connectivity index (χ3v) is 8.77. The van der Waals surface area contributed by atoms with Gasteiger partial charge in [-0.25, -0.2) is 13.2 Å². The van der Waals surface area contributed by atoms with E-state index in [2.05, 4.69) is 5.32 Å². The van der Waals surface area contributed by atoms with Gasteiger partial charge in [0.2, 0.25) is 5.91 Å². The Morgan fingerprint density at radius 3 is 2.48 bits per heavy atom. The van der Waals surface area contributed by atoms with Crippen molar-refractivity contribution in [2.45, 2.75) is 80.0 Å². The molecule has 2 fully saturated rings. The Hall–Kier alpha value is -1.78. The number of carbonyl (C=O) groups excluding carboxylic acids is 2. The number of hydrogen-bond donors (Lipinski definition) is 2. The van der Waals surface area contributed by atoms with E-state index in [0.717, 1.165) is 11.3 Å². The van der Waals surface area contributed by atoms with Crippen molar-refractivity contribution in [3.63, 3.8) is 0 Å². The maximum atomic E-state index is 13.2. The van der Waals surface area contributed by atoms with Gasteiger partial charge in [0, 0.05) is 23.5 Å². The lowest BCUT2D eigenvalue weighted by Crippen LogP contribution is -2.51. The number of likely N-dealkylation sites (tertiary alicyclic amines) is 1. The second-order valence-electron chi connectivity index (χ2n) is 9.88. The summed E-state index contributed by atoms with van der Waals surface area (Å²) < 4.78 is 31.6. The highest BCUT2D eigenvalue weighted by atomic mass is 32.2. The van der Waals surface area contributed by atoms with Gasteiger partial charge in [0.1, 0.15) is 11.6 Å². The second-order valence-corrected chi connectivity index (χ2v) is 12.8. The largest absolute Gasteiger partial charge is 0.444 e. The molecule has 1 heterocycles. The summed E-state index contributed by atoms with van der Waals surface area (Å²) >= 11 is 1.55. The first-order valence-corrected chi connectivity index (χ1v) is 14.2. The van der Waals surface area contributed by atoms with E-state index in [9.17, 15) is 18.0 Å². The van der Waals surface area contributed by atoms with Gasteiger partial charge in [-0.05, 0) is 82.9 Å². The quantitative estimate of drug-likeness (QED) is 0.580. The van der Waals surface area contributed by atoms with Gasteiger partial charge in [-0.1, -0.05) is 0 Å². The molecule has 1 aromatic carbocycles. The number of rotatable bonds is 6. The first kappa shape index (κ1) is 25.8. The zero-order valence-electron chi connectivity index (χ0n) is 19.7. The van der Waals surface area contributed by atoms with Crippen LogP contribution in [-0.2, 0) is 19.4 Å². The Bertz CT molecular complexity index is 959. The summed E-state index contributed by atoms with van der Waals surface area (Å²) in [5.74, 6) is -0.506. The molecule has 0 radical (unpaired) electrons. The molecule has 1 aliphatic heterocycles. The van der Waals surface area contributed by atoms with E-state index >= 15 is 0 Å². The zero-order valence-corrected chi connectivity index (χ0v) is 21.4. The van der Waals surface area contributed by atoms with Crippen molar-refractivity contribution in [2.24, 2.45) is 11.7 Å². The van der Waals surface area contributed by atoms with E-state index in [1.807, 2.05) is 6.26 Å². The molecule has 1 saturated carbocycles. The van der Waals surface area contributed by atoms with Crippen LogP contribution in [0.25, 0.3) is 0 Å². The maximum Gasteiger partial charge on any atom is 0.408 e. The normalized spacial score (nSPS) is 26.3. The fourth-order valence-electron chi connectivity index (χ4n) is 4.65. The number of benzene rings is 1. The smallest absolute Gasteiger partial charge is 0.408 e. The number of nitrogens with zero attached hydrogens (tertiary/aromatic N) is 1. The van der Waals surface area contributed by atoms with Crippen LogP contribution in [0.3, 0.4) is 0 Å². The van der Waals surface area contributed by atoms with Gasteiger partial charge in [-0.3, -0.25) is 4.79 Å². The summed E-state index contributed by atoms with van der Waals surface area (Å²) in [5.41, 5.74) is 5.54. The van der Waals surface area contributed by atoms with Gasteiger partial charge in [0.15, 0.2) is 9.84 Å². The number of nitrogens with one attached hydrogen (secondary N) is 1. The maximum absolute atomic E-state index is 13.2. The molecule has 0 spiro atoms. The Labute approximate surface area is 200 Å². The Morgan fingerprint density at radius 1 is 1.21 bits per heavy atom. The molecule has 2 amide bonds. The lowest BCUT2D eigenvalue weighted by atomic mass is 9.82. The molecule has 33 heavy (non-hydrogen) atoms. The zero-order chi connectivity index (χ0) is 24.4. The van der Waals surface area contributed by atoms with Crippen molar-refractivity contribution >= 4 is 33.6 Å². The molecule has 0 aromatic heterocycles. The predicted octanol–water partition coefficient (Wildman–Crippen LogP) is 2.80. The summed E-state index contributed by atoms with van der Waals surface area (Å²) in [6.45, 7) is 5.76. The first-order valence-electron chi connectivity index (χ1n) is 11.3. The number of thioether (sulfide) groups is 1. The van der Waals surface area contributed by atoms with Crippen LogP contribution in [0.5, 0.6) is 0 Å². The van der Waals surface area contributed by atoms with Crippen molar-refractivity contribution in [2.75, 3.05) is 18.6 Å². The van der Waals surface area contributed by atoms with Gasteiger partial charge >= 0.3 is 6.09 Å². The Kier molecular flexibility index (Phi) is 8.01. The van der Waals surface area contributed by atoms with Crippen LogP contribution in [0.15, 0.2) is 34.1 Å². The van der Waals surface area contributed by atoms with Gasteiger partial charge < -0.3 is 20.7 Å². The van der Waals surface area contributed by atoms with Gasteiger partial charge in [-0.2, -0.15) is 0 Å². The highest BCUT2D eigenvalue weighted by molar-refractivity contribution is 7.98. The van der Waals surface area contributed by atoms with E-state index in [4.69, 9.17) is 10.5 Å². The minimum atomic E-state index is -3.53. The van der Waals surface area contributed by atoms with E-state index < -0.39 is 27.6 Å². The summed E-state index contributed by atoms with van der Waals surface area (Å²) in [6.07, 6.45) is 3.71. The minimum absolute atomic E-state index is 0.0576. The molecule has 1 aromatic rings. The van der Waals surface area contributed by atoms with E-state index in [1.54, 1.807) is 61.7 Å². The van der Waals surface area contributed by atoms with Crippen LogP contribution in [-0.4, -0.2) is 67.6 Å². The monoisotopic (exact) mass is 497 g/mol. The molecule has 0 bridgehead atoms. The van der Waals surface area contributed by atoms with Crippen molar-refractivity contribution in [1.29, 1.82) is 0 Å². The van der Waals surface area contributed by atoms with Gasteiger partial charge in [0.05, 0.1) is 10.6 Å². The lowest BCUT2D eigenvalue weighted by molar-refractivity contribution is -0.133. The molecular formula is C23H35N3O5S2. The highest BCUT2D eigenvalue weighted by Crippen LogP contribution is 2.33. The average molecular weight is 498 g/mol. The van der Waals surface area contributed by atoms with Crippen LogP contribution in [0.2, 0.25) is 0 Å². The van der Waals surface area contributed by atoms with Crippen LogP contribution < -0.4 is 11.1 Å². The topological polar surface area (TPSA) is 119 Å². The average Bonchev–Trinajstić information content (AvgIpc) is 3.06. The third-order valence-electron chi connectivity index (χ3n) is 6.17. The van der Waals surface area contributed by atoms with E-state index in [0.29, 0.717) is 25.8 Å². The number of hydrogen-bond acceptors (Lipinski definition) is 7. The fraction of sp³-hybridized carbons (Fsp3) is 0.652. The van der Waals surface area contributed by atoms with Crippen LogP contribution in [0.4, 0.5) is 4.79 Å². The first-order chi connectivity index (χ1) is 15.4. The summed E-state index contributed by atoms with van der Waals surface area (Å²) in [5, 5.41) is 2.67. The Morgan fingerprint density at radius 2 is 1.88 bits per heavy atom. The van der Waals surface area contributed by atoms with Crippen molar-refractivity contribution in [3.05, 3.63) is 24.3 Å². The van der Waals surface area contributed by atoms with Crippen molar-refractivity contribution < 1.29 is 22.7 Å². The molecule has 10 heteroatoms. The molecule has 3 rings (SSSR count). The SMILES string of the molecule is CSc1ccc(S(=O)(=O)C[C@@H]2C[C@H](N)CC[C@@H]2N2CC[C@H](NC(=O)OC(C)(C)C)C2=O)cc1. The molecular weight excluding hydrogens is 462 g/mol. The molecule has 184 valence electrons. The summed E-state index contributed by atoms with van der Waals surface area (Å²) in [4.78, 5) is 28.3. The standard InChI is InChI=1S/C23H35N3O5S2/c1-23(2,3)31-22(28)25-19-11-12-26(21(19)27)20-10-5-16(24)13-15(20)14-33(29,30)18-8-6-17(32-4)7-9-18/h6-9,15-16,19-20H,5,10-14,24H2,1-4H3,(H,25,28)/t15-,16+,19-,20-/m0/s1. The van der Waals surface area contributed by atoms with Gasteiger partial charge in [0.25, 0.3) is 0 Å². The molecule has 2 aliphatic rings. The van der Waals surface area contributed by atoms with Crippen LogP contribution in [0, 0.1) is 5.92 Å². The number of amides is 2. The number of carbonyl (C=O) groups is 2. The minimum Gasteiger partial charge on any atom is -0.444 e. The summed E-state index contributed by atoms with van der Waals surface area (Å²) in [6, 6.07) is 5.92. The van der Waals surface area contributed by atoms with Crippen molar-refractivity contribution in [3.8, 4) is 0 Å². The van der Waals surface area contributed by atoms with Crippen LogP contribution >= 0.6 is 11.8 Å². The molecule has 1 aliphatic carbocycles. The lowest BCUT2D eigenvalue weighted by Gasteiger charge is -2.40. The Balaban J connectivity index is 1.72. The molecule has 0 unspecified atom stereocenters. The number of alkyl carbamates (subject to hydrolysis) is 1. The molecule has 8 nitrogen and oxygen atoms in total. The predicted molar refractivity (Wildman–Crippen MR) is 129 cm³/mol. The van der Waals surface area contributed by atoms with Crippen LogP contribution in [0.1, 0.15) is 46.5 Å².